The van der Waals surface area contributed by atoms with Crippen LogP contribution >= 0.6 is 11.6 Å². The summed E-state index contributed by atoms with van der Waals surface area (Å²) in [4.78, 5) is 23.1. The van der Waals surface area contributed by atoms with Crippen LogP contribution in [-0.4, -0.2) is 27.2 Å². The number of carboxylic acids is 1. The summed E-state index contributed by atoms with van der Waals surface area (Å²) in [6, 6.07) is 11.9. The van der Waals surface area contributed by atoms with Crippen LogP contribution in [0.2, 0.25) is 5.02 Å². The van der Waals surface area contributed by atoms with Crippen molar-refractivity contribution in [2.24, 2.45) is 5.73 Å². The van der Waals surface area contributed by atoms with Crippen LogP contribution in [0.15, 0.2) is 46.9 Å². The van der Waals surface area contributed by atoms with Gasteiger partial charge in [-0.25, -0.2) is 0 Å². The minimum atomic E-state index is -1.02. The van der Waals surface area contributed by atoms with Gasteiger partial charge in [-0.2, -0.15) is 0 Å². The Labute approximate surface area is 159 Å². The Bertz CT molecular complexity index is 1020. The largest absolute Gasteiger partial charge is 0.481 e. The van der Waals surface area contributed by atoms with Gasteiger partial charge < -0.3 is 15.3 Å². The predicted molar refractivity (Wildman–Crippen MR) is 98.5 cm³/mol. The number of aryl methyl sites for hydroxylation is 1. The van der Waals surface area contributed by atoms with Gasteiger partial charge in [-0.05, 0) is 34.9 Å². The average molecular weight is 386 g/mol. The number of carboxylic acid groups (broad SMARTS) is 1. The molecule has 3 N–H and O–H groups in total. The van der Waals surface area contributed by atoms with E-state index < -0.39 is 17.8 Å². The summed E-state index contributed by atoms with van der Waals surface area (Å²) < 4.78 is 5.45. The fourth-order valence-electron chi connectivity index (χ4n) is 2.89. The summed E-state index contributed by atoms with van der Waals surface area (Å²) in [7, 11) is 0. The summed E-state index contributed by atoms with van der Waals surface area (Å²) in [5.41, 5.74) is 7.63. The summed E-state index contributed by atoms with van der Waals surface area (Å²) in [5, 5.41) is 17.4. The lowest BCUT2D eigenvalue weighted by Gasteiger charge is -2.15. The Balaban J connectivity index is 2.14. The molecule has 0 aliphatic heterocycles. The minimum absolute atomic E-state index is 0.186. The van der Waals surface area contributed by atoms with E-state index in [4.69, 9.17) is 21.8 Å². The molecule has 1 unspecified atom stereocenters. The zero-order valence-corrected chi connectivity index (χ0v) is 15.1. The van der Waals surface area contributed by atoms with E-state index in [2.05, 4.69) is 10.2 Å². The third kappa shape index (κ3) is 4.15. The molecule has 0 saturated carbocycles. The van der Waals surface area contributed by atoms with E-state index in [-0.39, 0.29) is 12.3 Å². The lowest BCUT2D eigenvalue weighted by Crippen LogP contribution is -2.12. The van der Waals surface area contributed by atoms with Gasteiger partial charge in [0.1, 0.15) is 0 Å². The molecule has 1 heterocycles. The smallest absolute Gasteiger partial charge is 0.304 e. The van der Waals surface area contributed by atoms with E-state index in [9.17, 15) is 14.7 Å². The minimum Gasteiger partial charge on any atom is -0.481 e. The number of nitrogens with zero attached hydrogens (tertiary/aromatic N) is 2. The first-order chi connectivity index (χ1) is 12.8. The molecule has 0 spiro atoms. The van der Waals surface area contributed by atoms with Gasteiger partial charge in [-0.15, -0.1) is 10.2 Å². The third-order valence-corrected chi connectivity index (χ3v) is 4.26. The van der Waals surface area contributed by atoms with Crippen molar-refractivity contribution in [3.05, 3.63) is 70.4 Å². The van der Waals surface area contributed by atoms with E-state index in [0.29, 0.717) is 33.2 Å². The molecule has 8 heteroatoms. The summed E-state index contributed by atoms with van der Waals surface area (Å²) >= 11 is 6.27. The molecule has 2 aromatic carbocycles. The quantitative estimate of drug-likeness (QED) is 0.671. The van der Waals surface area contributed by atoms with Crippen LogP contribution in [0, 0.1) is 6.92 Å². The molecule has 1 amide bonds. The van der Waals surface area contributed by atoms with Crippen LogP contribution < -0.4 is 5.73 Å². The lowest BCUT2D eigenvalue weighted by molar-refractivity contribution is -0.137. The Hall–Kier alpha value is -3.19. The van der Waals surface area contributed by atoms with Crippen LogP contribution in [0.1, 0.15) is 40.0 Å². The van der Waals surface area contributed by atoms with Crippen LogP contribution in [0.3, 0.4) is 0 Å². The summed E-state index contributed by atoms with van der Waals surface area (Å²) in [6.45, 7) is 1.63. The second-order valence-corrected chi connectivity index (χ2v) is 6.43. The SMILES string of the molecule is Cc1nnc(C(CC(=O)O)c2cc(Cl)cc(-c3ccccc3C(N)=O)c2)o1. The van der Waals surface area contributed by atoms with Gasteiger partial charge in [0.05, 0.1) is 12.3 Å². The number of benzene rings is 2. The van der Waals surface area contributed by atoms with Crippen LogP contribution in [-0.2, 0) is 4.79 Å². The first-order valence-corrected chi connectivity index (χ1v) is 8.44. The fraction of sp³-hybridized carbons (Fsp3) is 0.158. The zero-order valence-electron chi connectivity index (χ0n) is 14.3. The number of aliphatic carboxylic acids is 1. The van der Waals surface area contributed by atoms with Crippen molar-refractivity contribution in [1.82, 2.24) is 10.2 Å². The number of halogens is 1. The maximum atomic E-state index is 11.7. The molecule has 0 radical (unpaired) electrons. The van der Waals surface area contributed by atoms with Gasteiger partial charge in [0, 0.05) is 17.5 Å². The molecule has 0 saturated heterocycles. The topological polar surface area (TPSA) is 119 Å². The molecule has 0 bridgehead atoms. The van der Waals surface area contributed by atoms with Crippen molar-refractivity contribution in [2.75, 3.05) is 0 Å². The van der Waals surface area contributed by atoms with E-state index in [1.807, 2.05) is 0 Å². The van der Waals surface area contributed by atoms with Gasteiger partial charge in [0.2, 0.25) is 17.7 Å². The number of carbonyl (C=O) groups excluding carboxylic acids is 1. The molecule has 7 nitrogen and oxygen atoms in total. The number of carbonyl (C=O) groups is 2. The van der Waals surface area contributed by atoms with Gasteiger partial charge in [0.15, 0.2) is 0 Å². The molecular weight excluding hydrogens is 370 g/mol. The summed E-state index contributed by atoms with van der Waals surface area (Å²) in [5.74, 6) is -1.74. The zero-order chi connectivity index (χ0) is 19.6. The average Bonchev–Trinajstić information content (AvgIpc) is 3.05. The highest BCUT2D eigenvalue weighted by Gasteiger charge is 2.25. The van der Waals surface area contributed by atoms with Crippen LogP contribution in [0.25, 0.3) is 11.1 Å². The second kappa shape index (κ2) is 7.59. The monoisotopic (exact) mass is 385 g/mol. The van der Waals surface area contributed by atoms with Gasteiger partial charge in [-0.3, -0.25) is 9.59 Å². The number of hydrogen-bond donors (Lipinski definition) is 2. The fourth-order valence-corrected chi connectivity index (χ4v) is 3.14. The Kier molecular flexibility index (Phi) is 5.23. The predicted octanol–water partition coefficient (Wildman–Crippen LogP) is 3.40. The maximum absolute atomic E-state index is 11.7. The Morgan fingerprint density at radius 2 is 1.96 bits per heavy atom. The van der Waals surface area contributed by atoms with E-state index in [1.54, 1.807) is 49.4 Å². The Morgan fingerprint density at radius 3 is 2.59 bits per heavy atom. The van der Waals surface area contributed by atoms with E-state index in [1.165, 1.54) is 0 Å². The highest BCUT2D eigenvalue weighted by molar-refractivity contribution is 6.31. The van der Waals surface area contributed by atoms with Crippen molar-refractivity contribution in [3.8, 4) is 11.1 Å². The van der Waals surface area contributed by atoms with Gasteiger partial charge >= 0.3 is 5.97 Å². The molecular formula is C19H16ClN3O4. The van der Waals surface area contributed by atoms with E-state index in [0.717, 1.165) is 0 Å². The van der Waals surface area contributed by atoms with Crippen molar-refractivity contribution >= 4 is 23.5 Å². The molecule has 3 rings (SSSR count). The van der Waals surface area contributed by atoms with Crippen LogP contribution in [0.5, 0.6) is 0 Å². The van der Waals surface area contributed by atoms with Crippen molar-refractivity contribution in [3.63, 3.8) is 0 Å². The standard InChI is InChI=1S/C19H16ClN3O4/c1-10-22-23-19(27-10)16(9-17(24)25)12-6-11(7-13(20)8-12)14-4-2-3-5-15(14)18(21)26/h2-8,16H,9H2,1H3,(H2,21,26)(H,24,25). The van der Waals surface area contributed by atoms with Crippen molar-refractivity contribution in [1.29, 1.82) is 0 Å². The number of hydrogen-bond acceptors (Lipinski definition) is 5. The first-order valence-electron chi connectivity index (χ1n) is 8.06. The highest BCUT2D eigenvalue weighted by Crippen LogP contribution is 2.34. The molecule has 27 heavy (non-hydrogen) atoms. The number of amides is 1. The molecule has 0 aliphatic rings. The normalized spacial score (nSPS) is 11.9. The molecule has 3 aromatic rings. The molecule has 0 fully saturated rings. The van der Waals surface area contributed by atoms with Crippen molar-refractivity contribution < 1.29 is 19.1 Å². The molecule has 138 valence electrons. The molecule has 0 aliphatic carbocycles. The number of rotatable bonds is 6. The number of primary amides is 1. The van der Waals surface area contributed by atoms with Crippen molar-refractivity contribution in [2.45, 2.75) is 19.3 Å². The lowest BCUT2D eigenvalue weighted by atomic mass is 9.91. The maximum Gasteiger partial charge on any atom is 0.304 e. The van der Waals surface area contributed by atoms with Crippen LogP contribution in [0.4, 0.5) is 0 Å². The third-order valence-electron chi connectivity index (χ3n) is 4.04. The molecule has 1 atom stereocenters. The second-order valence-electron chi connectivity index (χ2n) is 5.99. The van der Waals surface area contributed by atoms with Gasteiger partial charge in [-0.1, -0.05) is 35.9 Å². The summed E-state index contributed by atoms with van der Waals surface area (Å²) in [6.07, 6.45) is -0.251. The number of nitrogens with two attached hydrogens (primary N) is 1. The highest BCUT2D eigenvalue weighted by atomic mass is 35.5. The van der Waals surface area contributed by atoms with Gasteiger partial charge in [0.25, 0.3) is 0 Å². The first kappa shape index (κ1) is 18.6. The number of aromatic nitrogens is 2. The Morgan fingerprint density at radius 1 is 1.22 bits per heavy atom. The molecule has 1 aromatic heterocycles. The van der Waals surface area contributed by atoms with E-state index >= 15 is 0 Å².